The van der Waals surface area contributed by atoms with Crippen LogP contribution in [0.2, 0.25) is 0 Å². The van der Waals surface area contributed by atoms with Crippen LogP contribution in [0.25, 0.3) is 0 Å². The first-order valence-electron chi connectivity index (χ1n) is 4.89. The third kappa shape index (κ3) is 3.59. The minimum Gasteiger partial charge on any atom is -0.302 e. The molecular weight excluding hydrogens is 172 g/mol. The molecule has 1 aliphatic heterocycles. The minimum atomic E-state index is -2.13. The largest absolute Gasteiger partial charge is 0.302 e. The highest BCUT2D eigenvalue weighted by atomic mass is 19.3. The van der Waals surface area contributed by atoms with Crippen LogP contribution in [-0.2, 0) is 0 Å². The van der Waals surface area contributed by atoms with Gasteiger partial charge in [0.2, 0.25) is 6.43 Å². The van der Waals surface area contributed by atoms with Gasteiger partial charge in [0, 0.05) is 19.0 Å². The van der Waals surface area contributed by atoms with E-state index < -0.39 is 6.43 Å². The Hall–Kier alpha value is -0.180. The predicted octanol–water partition coefficient (Wildman–Crippen LogP) is 2.62. The van der Waals surface area contributed by atoms with Crippen molar-refractivity contribution in [1.82, 2.24) is 4.90 Å². The molecule has 0 aromatic rings. The van der Waals surface area contributed by atoms with Crippen molar-refractivity contribution in [2.45, 2.75) is 33.6 Å². The van der Waals surface area contributed by atoms with E-state index >= 15 is 0 Å². The Morgan fingerprint density at radius 1 is 1.38 bits per heavy atom. The fourth-order valence-electron chi connectivity index (χ4n) is 1.88. The van der Waals surface area contributed by atoms with Crippen LogP contribution in [0.15, 0.2) is 0 Å². The highest BCUT2D eigenvalue weighted by molar-refractivity contribution is 4.80. The second-order valence-corrected chi connectivity index (χ2v) is 5.18. The Morgan fingerprint density at radius 2 is 2.00 bits per heavy atom. The third-order valence-electron chi connectivity index (χ3n) is 2.36. The van der Waals surface area contributed by atoms with Gasteiger partial charge in [-0.05, 0) is 18.4 Å². The van der Waals surface area contributed by atoms with E-state index in [9.17, 15) is 8.78 Å². The lowest BCUT2D eigenvalue weighted by Crippen LogP contribution is -2.31. The molecule has 1 rings (SSSR count). The summed E-state index contributed by atoms with van der Waals surface area (Å²) in [6, 6.07) is 0. The second-order valence-electron chi connectivity index (χ2n) is 5.18. The van der Waals surface area contributed by atoms with E-state index in [1.165, 1.54) is 0 Å². The minimum absolute atomic E-state index is 0.219. The van der Waals surface area contributed by atoms with E-state index in [0.717, 1.165) is 13.1 Å². The SMILES string of the molecule is CC(C)(C)CN1CCC(C(F)F)C1. The maximum atomic E-state index is 12.3. The summed E-state index contributed by atoms with van der Waals surface area (Å²) in [6.07, 6.45) is -1.47. The Balaban J connectivity index is 2.33. The summed E-state index contributed by atoms with van der Waals surface area (Å²) in [7, 11) is 0. The van der Waals surface area contributed by atoms with E-state index in [0.29, 0.717) is 13.0 Å². The number of hydrogen-bond acceptors (Lipinski definition) is 1. The normalized spacial score (nSPS) is 25.8. The van der Waals surface area contributed by atoms with Gasteiger partial charge < -0.3 is 4.90 Å². The molecule has 78 valence electrons. The molecule has 0 N–H and O–H groups in total. The van der Waals surface area contributed by atoms with Gasteiger partial charge in [-0.1, -0.05) is 20.8 Å². The average molecular weight is 191 g/mol. The van der Waals surface area contributed by atoms with Gasteiger partial charge in [-0.3, -0.25) is 0 Å². The van der Waals surface area contributed by atoms with Crippen molar-refractivity contribution in [3.05, 3.63) is 0 Å². The summed E-state index contributed by atoms with van der Waals surface area (Å²) < 4.78 is 24.6. The van der Waals surface area contributed by atoms with Crippen molar-refractivity contribution >= 4 is 0 Å². The maximum Gasteiger partial charge on any atom is 0.242 e. The zero-order chi connectivity index (χ0) is 10.1. The highest BCUT2D eigenvalue weighted by Gasteiger charge is 2.30. The molecule has 1 unspecified atom stereocenters. The Morgan fingerprint density at radius 3 is 2.38 bits per heavy atom. The van der Waals surface area contributed by atoms with Gasteiger partial charge >= 0.3 is 0 Å². The third-order valence-corrected chi connectivity index (χ3v) is 2.36. The van der Waals surface area contributed by atoms with Crippen LogP contribution in [0.3, 0.4) is 0 Å². The van der Waals surface area contributed by atoms with Crippen molar-refractivity contribution in [2.75, 3.05) is 19.6 Å². The summed E-state index contributed by atoms with van der Waals surface area (Å²) >= 11 is 0. The van der Waals surface area contributed by atoms with E-state index in [4.69, 9.17) is 0 Å². The number of nitrogens with zero attached hydrogens (tertiary/aromatic N) is 1. The molecule has 0 aliphatic carbocycles. The number of hydrogen-bond donors (Lipinski definition) is 0. The van der Waals surface area contributed by atoms with Gasteiger partial charge in [0.1, 0.15) is 0 Å². The predicted molar refractivity (Wildman–Crippen MR) is 50.0 cm³/mol. The van der Waals surface area contributed by atoms with Gasteiger partial charge in [0.15, 0.2) is 0 Å². The number of halogens is 2. The van der Waals surface area contributed by atoms with Crippen LogP contribution < -0.4 is 0 Å². The topological polar surface area (TPSA) is 3.24 Å². The van der Waals surface area contributed by atoms with E-state index in [1.54, 1.807) is 0 Å². The first-order chi connectivity index (χ1) is 5.88. The van der Waals surface area contributed by atoms with Crippen molar-refractivity contribution in [2.24, 2.45) is 11.3 Å². The van der Waals surface area contributed by atoms with Gasteiger partial charge in [0.25, 0.3) is 0 Å². The molecular formula is C10H19F2N. The van der Waals surface area contributed by atoms with Crippen LogP contribution in [0.5, 0.6) is 0 Å². The molecule has 1 aliphatic rings. The van der Waals surface area contributed by atoms with Crippen molar-refractivity contribution in [3.8, 4) is 0 Å². The first-order valence-corrected chi connectivity index (χ1v) is 4.89. The van der Waals surface area contributed by atoms with Gasteiger partial charge in [-0.25, -0.2) is 8.78 Å². The standard InChI is InChI=1S/C10H19F2N/c1-10(2,3)7-13-5-4-8(6-13)9(11)12/h8-9H,4-7H2,1-3H3. The van der Waals surface area contributed by atoms with Crippen molar-refractivity contribution < 1.29 is 8.78 Å². The van der Waals surface area contributed by atoms with Crippen LogP contribution in [0.4, 0.5) is 8.78 Å². The molecule has 0 amide bonds. The molecule has 0 bridgehead atoms. The van der Waals surface area contributed by atoms with E-state index in [2.05, 4.69) is 25.7 Å². The molecule has 1 atom stereocenters. The zero-order valence-corrected chi connectivity index (χ0v) is 8.69. The molecule has 0 saturated carbocycles. The second kappa shape index (κ2) is 3.91. The van der Waals surface area contributed by atoms with Crippen LogP contribution in [0, 0.1) is 11.3 Å². The summed E-state index contributed by atoms with van der Waals surface area (Å²) in [5.74, 6) is -0.387. The monoisotopic (exact) mass is 191 g/mol. The summed E-state index contributed by atoms with van der Waals surface area (Å²) in [6.45, 7) is 8.77. The smallest absolute Gasteiger partial charge is 0.242 e. The fraction of sp³-hybridized carbons (Fsp3) is 1.00. The molecule has 0 aromatic carbocycles. The molecule has 1 saturated heterocycles. The maximum absolute atomic E-state index is 12.3. The van der Waals surface area contributed by atoms with Crippen molar-refractivity contribution in [1.29, 1.82) is 0 Å². The zero-order valence-electron chi connectivity index (χ0n) is 8.69. The lowest BCUT2D eigenvalue weighted by Gasteiger charge is -2.26. The van der Waals surface area contributed by atoms with Crippen LogP contribution in [0.1, 0.15) is 27.2 Å². The molecule has 1 heterocycles. The van der Waals surface area contributed by atoms with Gasteiger partial charge in [0.05, 0.1) is 0 Å². The first kappa shape index (κ1) is 10.9. The fourth-order valence-corrected chi connectivity index (χ4v) is 1.88. The summed E-state index contributed by atoms with van der Waals surface area (Å²) in [4.78, 5) is 2.15. The van der Waals surface area contributed by atoms with Crippen LogP contribution in [-0.4, -0.2) is 31.0 Å². The molecule has 0 radical (unpaired) electrons. The van der Waals surface area contributed by atoms with Gasteiger partial charge in [-0.15, -0.1) is 0 Å². The number of alkyl halides is 2. The number of rotatable bonds is 2. The highest BCUT2D eigenvalue weighted by Crippen LogP contribution is 2.25. The quantitative estimate of drug-likeness (QED) is 0.648. The van der Waals surface area contributed by atoms with E-state index in [-0.39, 0.29) is 11.3 Å². The molecule has 1 nitrogen and oxygen atoms in total. The van der Waals surface area contributed by atoms with Crippen LogP contribution >= 0.6 is 0 Å². The summed E-state index contributed by atoms with van der Waals surface area (Å²) in [5, 5.41) is 0. The van der Waals surface area contributed by atoms with Crippen molar-refractivity contribution in [3.63, 3.8) is 0 Å². The molecule has 3 heteroatoms. The number of likely N-dealkylation sites (tertiary alicyclic amines) is 1. The average Bonchev–Trinajstić information content (AvgIpc) is 2.31. The van der Waals surface area contributed by atoms with E-state index in [1.807, 2.05) is 0 Å². The molecule has 0 aromatic heterocycles. The molecule has 0 spiro atoms. The molecule has 1 fully saturated rings. The Kier molecular flexibility index (Phi) is 3.28. The molecule has 13 heavy (non-hydrogen) atoms. The van der Waals surface area contributed by atoms with Gasteiger partial charge in [-0.2, -0.15) is 0 Å². The Labute approximate surface area is 79.1 Å². The lowest BCUT2D eigenvalue weighted by atomic mass is 9.96. The summed E-state index contributed by atoms with van der Waals surface area (Å²) in [5.41, 5.74) is 0.219. The Bertz CT molecular complexity index is 163. The lowest BCUT2D eigenvalue weighted by molar-refractivity contribution is 0.0780.